The molecule has 0 aromatic heterocycles. The minimum Gasteiger partial charge on any atom is -0.200 e. The fraction of sp³-hybridized carbons (Fsp3) is 1.00. The molecule has 0 aliphatic heterocycles. The molecule has 0 spiro atoms. The summed E-state index contributed by atoms with van der Waals surface area (Å²) in [6.07, 6.45) is 0. The first-order chi connectivity index (χ1) is 4.83. The van der Waals surface area contributed by atoms with Crippen LogP contribution in [0.2, 0.25) is 0 Å². The number of hydrogen-bond donors (Lipinski definition) is 2. The molecular weight excluding hydrogens is 236 g/mol. The summed E-state index contributed by atoms with van der Waals surface area (Å²) >= 11 is 5.84. The minimum absolute atomic E-state index is 1.31. The van der Waals surface area contributed by atoms with E-state index in [4.69, 9.17) is 0 Å². The van der Waals surface area contributed by atoms with Crippen molar-refractivity contribution in [1.82, 2.24) is 0 Å². The van der Waals surface area contributed by atoms with Gasteiger partial charge in [0.05, 0.1) is 0 Å². The summed E-state index contributed by atoms with van der Waals surface area (Å²) in [5, 5.41) is -1.31. The van der Waals surface area contributed by atoms with E-state index in [0.29, 0.717) is 0 Å². The molecule has 0 heterocycles. The first-order valence-electron chi connectivity index (χ1n) is 1.94. The summed E-state index contributed by atoms with van der Waals surface area (Å²) in [6.45, 7) is 0. The second-order valence-electron chi connectivity index (χ2n) is 1.38. The first kappa shape index (κ1) is 11.5. The largest absolute Gasteiger partial charge is 0.294 e. The molecule has 0 bridgehead atoms. The molecule has 11 heavy (non-hydrogen) atoms. The lowest BCUT2D eigenvalue weighted by Crippen LogP contribution is -2.15. The zero-order valence-electron chi connectivity index (χ0n) is 4.87. The Morgan fingerprint density at radius 2 is 1.18 bits per heavy atom. The van der Waals surface area contributed by atoms with Gasteiger partial charge in [0.25, 0.3) is 20.2 Å². The summed E-state index contributed by atoms with van der Waals surface area (Å²) in [5.74, 6) is 0. The highest BCUT2D eigenvalue weighted by atomic mass is 32.3. The molecule has 0 aliphatic rings. The van der Waals surface area contributed by atoms with E-state index >= 15 is 0 Å². The van der Waals surface area contributed by atoms with Crippen molar-refractivity contribution in [2.24, 2.45) is 0 Å². The van der Waals surface area contributed by atoms with E-state index < -0.39 is 25.3 Å². The molecular formula is CH4O6S4. The van der Waals surface area contributed by atoms with E-state index in [2.05, 4.69) is 33.1 Å². The molecule has 0 atom stereocenters. The molecule has 0 saturated heterocycles. The highest BCUT2D eigenvalue weighted by Gasteiger charge is 2.22. The van der Waals surface area contributed by atoms with Gasteiger partial charge < -0.3 is 0 Å². The molecule has 0 unspecified atom stereocenters. The predicted molar refractivity (Wildman–Crippen MR) is 42.8 cm³/mol. The average molecular weight is 240 g/mol. The summed E-state index contributed by atoms with van der Waals surface area (Å²) in [5.41, 5.74) is 0. The second kappa shape index (κ2) is 3.96. The van der Waals surface area contributed by atoms with Crippen molar-refractivity contribution in [2.75, 3.05) is 5.08 Å². The molecule has 0 rings (SSSR count). The summed E-state index contributed by atoms with van der Waals surface area (Å²) in [6, 6.07) is 0. The number of hydrogen-bond acceptors (Lipinski definition) is 8. The standard InChI is InChI=1S/CH4O6S4/c2-10(3,6-8)1-11(4,5)7-9/h8-9H,1H2. The lowest BCUT2D eigenvalue weighted by atomic mass is 11.9. The number of thiol groups is 2. The van der Waals surface area contributed by atoms with Crippen molar-refractivity contribution in [3.8, 4) is 0 Å². The third-order valence-corrected chi connectivity index (χ3v) is 4.64. The monoisotopic (exact) mass is 240 g/mol. The highest BCUT2D eigenvalue weighted by molar-refractivity contribution is 8.08. The Bertz CT molecular complexity index is 263. The second-order valence-corrected chi connectivity index (χ2v) is 5.75. The summed E-state index contributed by atoms with van der Waals surface area (Å²) in [7, 11) is -8.37. The fourth-order valence-electron chi connectivity index (χ4n) is 0.220. The van der Waals surface area contributed by atoms with Crippen molar-refractivity contribution in [3.63, 3.8) is 0 Å². The van der Waals surface area contributed by atoms with Crippen LogP contribution in [0, 0.1) is 0 Å². The summed E-state index contributed by atoms with van der Waals surface area (Å²) < 4.78 is 48.6. The first-order valence-corrected chi connectivity index (χ1v) is 5.83. The van der Waals surface area contributed by atoms with Crippen molar-refractivity contribution in [1.29, 1.82) is 0 Å². The van der Waals surface area contributed by atoms with Gasteiger partial charge in [-0.3, -0.25) is 0 Å². The van der Waals surface area contributed by atoms with Gasteiger partial charge in [0.1, 0.15) is 0 Å². The smallest absolute Gasteiger partial charge is 0.200 e. The Kier molecular flexibility index (Phi) is 4.15. The van der Waals surface area contributed by atoms with Crippen molar-refractivity contribution in [3.05, 3.63) is 0 Å². The van der Waals surface area contributed by atoms with Gasteiger partial charge in [0.15, 0.2) is 0 Å². The topological polar surface area (TPSA) is 86.7 Å². The molecule has 0 aromatic rings. The van der Waals surface area contributed by atoms with Crippen LogP contribution >= 0.6 is 25.8 Å². The average Bonchev–Trinajstić information content (AvgIpc) is 1.86. The lowest BCUT2D eigenvalue weighted by molar-refractivity contribution is 0.510. The van der Waals surface area contributed by atoms with E-state index in [-0.39, 0.29) is 0 Å². The summed E-state index contributed by atoms with van der Waals surface area (Å²) in [4.78, 5) is 0. The van der Waals surface area contributed by atoms with Gasteiger partial charge in [0.2, 0.25) is 5.08 Å². The van der Waals surface area contributed by atoms with Gasteiger partial charge in [-0.15, -0.1) is 0 Å². The van der Waals surface area contributed by atoms with Crippen LogP contribution in [-0.2, 0) is 27.5 Å². The van der Waals surface area contributed by atoms with Crippen LogP contribution in [0.4, 0.5) is 0 Å². The van der Waals surface area contributed by atoms with Crippen LogP contribution in [0.3, 0.4) is 0 Å². The Hall–Kier alpha value is 0.520. The Balaban J connectivity index is 4.54. The van der Waals surface area contributed by atoms with Crippen LogP contribution in [0.15, 0.2) is 0 Å². The van der Waals surface area contributed by atoms with E-state index in [1.54, 1.807) is 0 Å². The van der Waals surface area contributed by atoms with Gasteiger partial charge in [-0.2, -0.15) is 16.8 Å². The normalized spacial score (nSPS) is 13.3. The van der Waals surface area contributed by atoms with E-state index in [1.165, 1.54) is 0 Å². The quantitative estimate of drug-likeness (QED) is 0.500. The van der Waals surface area contributed by atoms with Crippen molar-refractivity contribution < 1.29 is 24.1 Å². The maximum Gasteiger partial charge on any atom is 0.294 e. The molecule has 0 saturated carbocycles. The van der Waals surface area contributed by atoms with Crippen molar-refractivity contribution in [2.45, 2.75) is 0 Å². The van der Waals surface area contributed by atoms with E-state index in [1.807, 2.05) is 0 Å². The molecule has 0 fully saturated rings. The predicted octanol–water partition coefficient (Wildman–Crippen LogP) is -0.674. The Morgan fingerprint density at radius 1 is 0.909 bits per heavy atom. The highest BCUT2D eigenvalue weighted by Crippen LogP contribution is 2.04. The van der Waals surface area contributed by atoms with Gasteiger partial charge >= 0.3 is 0 Å². The van der Waals surface area contributed by atoms with Crippen LogP contribution < -0.4 is 0 Å². The Morgan fingerprint density at radius 3 is 1.36 bits per heavy atom. The lowest BCUT2D eigenvalue weighted by Gasteiger charge is -1.97. The molecule has 6 nitrogen and oxygen atoms in total. The minimum atomic E-state index is -4.19. The van der Waals surface area contributed by atoms with E-state index in [9.17, 15) is 16.8 Å². The van der Waals surface area contributed by atoms with Gasteiger partial charge in [-0.05, 0) is 25.8 Å². The van der Waals surface area contributed by atoms with Crippen LogP contribution in [0.25, 0.3) is 0 Å². The fourth-order valence-corrected chi connectivity index (χ4v) is 2.75. The third-order valence-electron chi connectivity index (χ3n) is 0.516. The maximum absolute atomic E-state index is 10.4. The molecule has 68 valence electrons. The molecule has 0 radical (unpaired) electrons. The zero-order valence-corrected chi connectivity index (χ0v) is 8.29. The van der Waals surface area contributed by atoms with Gasteiger partial charge in [0, 0.05) is 0 Å². The Labute approximate surface area is 75.4 Å². The maximum atomic E-state index is 10.4. The molecule has 0 aromatic carbocycles. The molecule has 0 aliphatic carbocycles. The SMILES string of the molecule is O=S(=O)(CS(=O)(=O)OS)OS. The van der Waals surface area contributed by atoms with Crippen molar-refractivity contribution >= 4 is 46.1 Å². The van der Waals surface area contributed by atoms with Crippen LogP contribution in [0.1, 0.15) is 0 Å². The molecule has 10 heteroatoms. The van der Waals surface area contributed by atoms with Crippen LogP contribution in [0.5, 0.6) is 0 Å². The zero-order chi connectivity index (χ0) is 9.12. The van der Waals surface area contributed by atoms with Gasteiger partial charge in [-0.25, -0.2) is 7.26 Å². The molecule has 0 N–H and O–H groups in total. The molecule has 0 amide bonds. The van der Waals surface area contributed by atoms with Gasteiger partial charge in [-0.1, -0.05) is 0 Å². The van der Waals surface area contributed by atoms with Crippen LogP contribution in [-0.4, -0.2) is 21.9 Å². The van der Waals surface area contributed by atoms with E-state index in [0.717, 1.165) is 0 Å². The number of rotatable bonds is 4. The third kappa shape index (κ3) is 4.87.